The Hall–Kier alpha value is -1.08. The van der Waals surface area contributed by atoms with Crippen LogP contribution in [-0.2, 0) is 0 Å². The third-order valence-electron chi connectivity index (χ3n) is 2.08. The Kier molecular flexibility index (Phi) is 2.19. The highest BCUT2D eigenvalue weighted by Gasteiger charge is 2.06. The van der Waals surface area contributed by atoms with E-state index >= 15 is 0 Å². The lowest BCUT2D eigenvalue weighted by Gasteiger charge is -2.05. The van der Waals surface area contributed by atoms with Crippen molar-refractivity contribution in [2.45, 2.75) is 12.3 Å². The van der Waals surface area contributed by atoms with Gasteiger partial charge in [-0.1, -0.05) is 24.3 Å². The summed E-state index contributed by atoms with van der Waals surface area (Å²) in [5.41, 5.74) is 0.958. The number of pyridine rings is 1. The zero-order valence-electron chi connectivity index (χ0n) is 7.37. The van der Waals surface area contributed by atoms with Gasteiger partial charge in [-0.3, -0.25) is 4.98 Å². The average molecular weight is 192 g/mol. The lowest BCUT2D eigenvalue weighted by atomic mass is 10.1. The highest BCUT2D eigenvalue weighted by molar-refractivity contribution is 6.21. The second-order valence-electron chi connectivity index (χ2n) is 3.03. The van der Waals surface area contributed by atoms with Crippen molar-refractivity contribution in [3.63, 3.8) is 0 Å². The van der Waals surface area contributed by atoms with Crippen molar-refractivity contribution in [1.82, 2.24) is 4.98 Å². The van der Waals surface area contributed by atoms with Gasteiger partial charge in [0, 0.05) is 11.6 Å². The molecule has 0 bridgehead atoms. The Labute approximate surface area is 82.4 Å². The molecule has 0 aliphatic heterocycles. The van der Waals surface area contributed by atoms with E-state index in [4.69, 9.17) is 11.6 Å². The first-order chi connectivity index (χ1) is 6.29. The minimum absolute atomic E-state index is 0.0360. The van der Waals surface area contributed by atoms with Gasteiger partial charge in [0.05, 0.1) is 11.1 Å². The van der Waals surface area contributed by atoms with E-state index in [0.717, 1.165) is 11.1 Å². The fourth-order valence-electron chi connectivity index (χ4n) is 1.46. The van der Waals surface area contributed by atoms with Crippen LogP contribution in [0, 0.1) is 0 Å². The van der Waals surface area contributed by atoms with E-state index < -0.39 is 0 Å². The van der Waals surface area contributed by atoms with E-state index in [1.165, 1.54) is 5.39 Å². The maximum atomic E-state index is 6.02. The second kappa shape index (κ2) is 3.35. The molecule has 0 saturated carbocycles. The molecule has 0 spiro atoms. The van der Waals surface area contributed by atoms with E-state index in [9.17, 15) is 0 Å². The number of fused-ring (bicyclic) bond motifs is 1. The van der Waals surface area contributed by atoms with Crippen molar-refractivity contribution < 1.29 is 0 Å². The van der Waals surface area contributed by atoms with Crippen LogP contribution < -0.4 is 0 Å². The van der Waals surface area contributed by atoms with Gasteiger partial charge in [-0.25, -0.2) is 0 Å². The topological polar surface area (TPSA) is 12.9 Å². The molecule has 0 radical (unpaired) electrons. The van der Waals surface area contributed by atoms with Gasteiger partial charge >= 0.3 is 0 Å². The number of hydrogen-bond donors (Lipinski definition) is 0. The molecule has 1 nitrogen and oxygen atoms in total. The molecule has 2 aromatic rings. The monoisotopic (exact) mass is 191 g/mol. The van der Waals surface area contributed by atoms with Crippen molar-refractivity contribution in [3.05, 3.63) is 42.2 Å². The number of aromatic nitrogens is 1. The predicted molar refractivity (Wildman–Crippen MR) is 56.0 cm³/mol. The quantitative estimate of drug-likeness (QED) is 0.629. The normalized spacial score (nSPS) is 13.1. The Morgan fingerprint density at radius 3 is 2.77 bits per heavy atom. The molecule has 2 rings (SSSR count). The predicted octanol–water partition coefficient (Wildman–Crippen LogP) is 3.53. The van der Waals surface area contributed by atoms with Crippen molar-refractivity contribution in [3.8, 4) is 0 Å². The van der Waals surface area contributed by atoms with E-state index in [-0.39, 0.29) is 5.38 Å². The molecule has 0 N–H and O–H groups in total. The van der Waals surface area contributed by atoms with E-state index in [0.29, 0.717) is 0 Å². The lowest BCUT2D eigenvalue weighted by Crippen LogP contribution is -1.90. The number of hydrogen-bond acceptors (Lipinski definition) is 1. The zero-order valence-corrected chi connectivity index (χ0v) is 8.12. The minimum atomic E-state index is -0.0360. The maximum absolute atomic E-state index is 6.02. The highest BCUT2D eigenvalue weighted by atomic mass is 35.5. The number of alkyl halides is 1. The van der Waals surface area contributed by atoms with Crippen LogP contribution in [0.25, 0.3) is 10.8 Å². The molecule has 0 aliphatic rings. The van der Waals surface area contributed by atoms with Crippen LogP contribution in [0.3, 0.4) is 0 Å². The second-order valence-corrected chi connectivity index (χ2v) is 3.69. The van der Waals surface area contributed by atoms with Crippen LogP contribution in [0.5, 0.6) is 0 Å². The summed E-state index contributed by atoms with van der Waals surface area (Å²) in [5, 5.41) is 2.30. The average Bonchev–Trinajstić information content (AvgIpc) is 2.17. The van der Waals surface area contributed by atoms with Crippen molar-refractivity contribution in [1.29, 1.82) is 0 Å². The van der Waals surface area contributed by atoms with Gasteiger partial charge in [0.1, 0.15) is 0 Å². The molecule has 1 unspecified atom stereocenters. The molecule has 66 valence electrons. The number of benzene rings is 1. The van der Waals surface area contributed by atoms with E-state index in [2.05, 4.69) is 17.1 Å². The van der Waals surface area contributed by atoms with Gasteiger partial charge in [0.2, 0.25) is 0 Å². The Morgan fingerprint density at radius 2 is 2.00 bits per heavy atom. The highest BCUT2D eigenvalue weighted by Crippen LogP contribution is 2.25. The summed E-state index contributed by atoms with van der Waals surface area (Å²) in [7, 11) is 0. The summed E-state index contributed by atoms with van der Waals surface area (Å²) in [6.45, 7) is 1.94. The van der Waals surface area contributed by atoms with Crippen molar-refractivity contribution in [2.24, 2.45) is 0 Å². The Bertz CT molecular complexity index is 418. The molecule has 1 aromatic carbocycles. The molecule has 0 aliphatic carbocycles. The number of rotatable bonds is 1. The summed E-state index contributed by atoms with van der Waals surface area (Å²) in [6.07, 6.45) is 1.80. The van der Waals surface area contributed by atoms with Gasteiger partial charge in [-0.2, -0.15) is 0 Å². The first-order valence-corrected chi connectivity index (χ1v) is 4.70. The molecule has 13 heavy (non-hydrogen) atoms. The Morgan fingerprint density at radius 1 is 1.23 bits per heavy atom. The standard InChI is InChI=1S/C11H10ClN/c1-8(12)11-10-5-3-2-4-9(10)6-7-13-11/h2-8H,1H3. The molecule has 1 aromatic heterocycles. The number of nitrogens with zero attached hydrogens (tertiary/aromatic N) is 1. The minimum Gasteiger partial charge on any atom is -0.259 e. The maximum Gasteiger partial charge on any atom is 0.0735 e. The van der Waals surface area contributed by atoms with E-state index in [1.807, 2.05) is 25.1 Å². The largest absolute Gasteiger partial charge is 0.259 e. The van der Waals surface area contributed by atoms with Gasteiger partial charge in [-0.15, -0.1) is 11.6 Å². The summed E-state index contributed by atoms with van der Waals surface area (Å²) >= 11 is 6.02. The van der Waals surface area contributed by atoms with Crippen LogP contribution in [0.1, 0.15) is 18.0 Å². The van der Waals surface area contributed by atoms with Gasteiger partial charge in [-0.05, 0) is 18.4 Å². The first-order valence-electron chi connectivity index (χ1n) is 4.27. The fourth-order valence-corrected chi connectivity index (χ4v) is 1.63. The molecule has 0 fully saturated rings. The van der Waals surface area contributed by atoms with Crippen molar-refractivity contribution >= 4 is 22.4 Å². The Balaban J connectivity index is 2.76. The van der Waals surface area contributed by atoms with Gasteiger partial charge in [0.25, 0.3) is 0 Å². The molecule has 2 heteroatoms. The smallest absolute Gasteiger partial charge is 0.0735 e. The third kappa shape index (κ3) is 1.52. The zero-order chi connectivity index (χ0) is 9.26. The molecule has 1 atom stereocenters. The third-order valence-corrected chi connectivity index (χ3v) is 2.29. The number of halogens is 1. The van der Waals surface area contributed by atoms with Gasteiger partial charge < -0.3 is 0 Å². The summed E-state index contributed by atoms with van der Waals surface area (Å²) in [6, 6.07) is 10.1. The van der Waals surface area contributed by atoms with Crippen LogP contribution in [0.2, 0.25) is 0 Å². The van der Waals surface area contributed by atoms with Crippen LogP contribution in [0.15, 0.2) is 36.5 Å². The SMILES string of the molecule is CC(Cl)c1nccc2ccccc12. The van der Waals surface area contributed by atoms with Crippen LogP contribution in [-0.4, -0.2) is 4.98 Å². The fraction of sp³-hybridized carbons (Fsp3) is 0.182. The van der Waals surface area contributed by atoms with Gasteiger partial charge in [0.15, 0.2) is 0 Å². The first kappa shape index (κ1) is 8.52. The lowest BCUT2D eigenvalue weighted by molar-refractivity contribution is 1.02. The van der Waals surface area contributed by atoms with Crippen LogP contribution >= 0.6 is 11.6 Å². The van der Waals surface area contributed by atoms with Crippen LogP contribution in [0.4, 0.5) is 0 Å². The summed E-state index contributed by atoms with van der Waals surface area (Å²) < 4.78 is 0. The van der Waals surface area contributed by atoms with Crippen molar-refractivity contribution in [2.75, 3.05) is 0 Å². The summed E-state index contributed by atoms with van der Waals surface area (Å²) in [4.78, 5) is 4.27. The molecular formula is C11H10ClN. The molecular weight excluding hydrogens is 182 g/mol. The van der Waals surface area contributed by atoms with E-state index in [1.54, 1.807) is 6.20 Å². The molecule has 0 amide bonds. The summed E-state index contributed by atoms with van der Waals surface area (Å²) in [5.74, 6) is 0. The molecule has 1 heterocycles. The molecule has 0 saturated heterocycles.